The van der Waals surface area contributed by atoms with Gasteiger partial charge < -0.3 is 15.4 Å². The minimum absolute atomic E-state index is 0.0536. The third-order valence-electron chi connectivity index (χ3n) is 4.77. The van der Waals surface area contributed by atoms with E-state index < -0.39 is 0 Å². The molecule has 0 unspecified atom stereocenters. The molecule has 1 saturated carbocycles. The number of rotatable bonds is 5. The van der Waals surface area contributed by atoms with Crippen molar-refractivity contribution in [3.63, 3.8) is 0 Å². The van der Waals surface area contributed by atoms with E-state index in [-0.39, 0.29) is 11.4 Å². The van der Waals surface area contributed by atoms with Gasteiger partial charge >= 0.3 is 0 Å². The zero-order chi connectivity index (χ0) is 13.6. The van der Waals surface area contributed by atoms with Gasteiger partial charge in [0.15, 0.2) is 0 Å². The van der Waals surface area contributed by atoms with E-state index in [0.29, 0.717) is 12.3 Å². The summed E-state index contributed by atoms with van der Waals surface area (Å²) >= 11 is 0. The zero-order valence-electron chi connectivity index (χ0n) is 12.2. The number of ether oxygens (including phenoxy) is 1. The lowest BCUT2D eigenvalue weighted by Crippen LogP contribution is -2.48. The molecular weight excluding hydrogens is 240 g/mol. The van der Waals surface area contributed by atoms with E-state index in [2.05, 4.69) is 10.6 Å². The van der Waals surface area contributed by atoms with Crippen LogP contribution in [0.25, 0.3) is 0 Å². The lowest BCUT2D eigenvalue weighted by Gasteiger charge is -2.36. The molecule has 0 bridgehead atoms. The van der Waals surface area contributed by atoms with Gasteiger partial charge in [-0.1, -0.05) is 19.3 Å². The average molecular weight is 268 g/mol. The van der Waals surface area contributed by atoms with Crippen LogP contribution in [0.3, 0.4) is 0 Å². The first kappa shape index (κ1) is 14.8. The number of amides is 1. The van der Waals surface area contributed by atoms with Gasteiger partial charge in [-0.3, -0.25) is 4.79 Å². The summed E-state index contributed by atoms with van der Waals surface area (Å²) in [6.45, 7) is 2.52. The fourth-order valence-corrected chi connectivity index (χ4v) is 3.32. The molecular formula is C15H28N2O2. The van der Waals surface area contributed by atoms with Crippen molar-refractivity contribution < 1.29 is 9.53 Å². The maximum absolute atomic E-state index is 12.1. The molecule has 2 fully saturated rings. The summed E-state index contributed by atoms with van der Waals surface area (Å²) in [6, 6.07) is 0. The first-order chi connectivity index (χ1) is 9.24. The molecule has 0 radical (unpaired) electrons. The van der Waals surface area contributed by atoms with Gasteiger partial charge in [0.2, 0.25) is 5.91 Å². The van der Waals surface area contributed by atoms with E-state index in [4.69, 9.17) is 4.74 Å². The third-order valence-corrected chi connectivity index (χ3v) is 4.77. The molecule has 2 rings (SSSR count). The van der Waals surface area contributed by atoms with Gasteiger partial charge in [0.25, 0.3) is 0 Å². The molecule has 4 heteroatoms. The Hall–Kier alpha value is -0.610. The second-order valence-electron chi connectivity index (χ2n) is 6.13. The standard InChI is InChI=1S/C15H28N2O2/c1-16-15(7-3-2-4-8-15)11-14(18)17-12-13-5-9-19-10-6-13/h13,16H,2-12H2,1H3,(H,17,18). The van der Waals surface area contributed by atoms with Crippen molar-refractivity contribution in [3.05, 3.63) is 0 Å². The van der Waals surface area contributed by atoms with Crippen molar-refractivity contribution in [1.82, 2.24) is 10.6 Å². The predicted molar refractivity (Wildman–Crippen MR) is 76.0 cm³/mol. The number of hydrogen-bond acceptors (Lipinski definition) is 3. The first-order valence-corrected chi connectivity index (χ1v) is 7.77. The number of carbonyl (C=O) groups is 1. The molecule has 19 heavy (non-hydrogen) atoms. The minimum Gasteiger partial charge on any atom is -0.381 e. The van der Waals surface area contributed by atoms with Gasteiger partial charge in [0.05, 0.1) is 0 Å². The quantitative estimate of drug-likeness (QED) is 0.800. The van der Waals surface area contributed by atoms with Crippen LogP contribution in [0.1, 0.15) is 51.4 Å². The maximum Gasteiger partial charge on any atom is 0.221 e. The van der Waals surface area contributed by atoms with Crippen LogP contribution >= 0.6 is 0 Å². The van der Waals surface area contributed by atoms with Crippen molar-refractivity contribution in [3.8, 4) is 0 Å². The van der Waals surface area contributed by atoms with E-state index in [1.807, 2.05) is 7.05 Å². The Balaban J connectivity index is 1.72. The molecule has 0 aromatic rings. The lowest BCUT2D eigenvalue weighted by atomic mass is 9.79. The van der Waals surface area contributed by atoms with Crippen LogP contribution in [0, 0.1) is 5.92 Å². The summed E-state index contributed by atoms with van der Waals surface area (Å²) < 4.78 is 5.34. The van der Waals surface area contributed by atoms with Crippen molar-refractivity contribution in [2.24, 2.45) is 5.92 Å². The SMILES string of the molecule is CNC1(CC(=O)NCC2CCOCC2)CCCCC1. The van der Waals surface area contributed by atoms with E-state index >= 15 is 0 Å². The molecule has 0 spiro atoms. The Morgan fingerprint density at radius 2 is 1.89 bits per heavy atom. The van der Waals surface area contributed by atoms with Gasteiger partial charge in [-0.05, 0) is 38.6 Å². The average Bonchev–Trinajstić information content (AvgIpc) is 2.47. The summed E-state index contributed by atoms with van der Waals surface area (Å²) in [5.41, 5.74) is 0.0536. The highest BCUT2D eigenvalue weighted by Crippen LogP contribution is 2.30. The smallest absolute Gasteiger partial charge is 0.221 e. The number of carbonyl (C=O) groups excluding carboxylic acids is 1. The summed E-state index contributed by atoms with van der Waals surface area (Å²) in [5, 5.41) is 6.53. The van der Waals surface area contributed by atoms with Crippen LogP contribution in [0.15, 0.2) is 0 Å². The highest BCUT2D eigenvalue weighted by atomic mass is 16.5. The topological polar surface area (TPSA) is 50.4 Å². The maximum atomic E-state index is 12.1. The Labute approximate surface area is 116 Å². The Morgan fingerprint density at radius 1 is 1.21 bits per heavy atom. The normalized spacial score (nSPS) is 24.1. The van der Waals surface area contributed by atoms with Crippen LogP contribution in [0.2, 0.25) is 0 Å². The molecule has 1 saturated heterocycles. The predicted octanol–water partition coefficient (Wildman–Crippen LogP) is 1.84. The lowest BCUT2D eigenvalue weighted by molar-refractivity contribution is -0.123. The highest BCUT2D eigenvalue weighted by Gasteiger charge is 2.32. The van der Waals surface area contributed by atoms with E-state index in [1.54, 1.807) is 0 Å². The van der Waals surface area contributed by atoms with E-state index in [0.717, 1.165) is 45.4 Å². The fourth-order valence-electron chi connectivity index (χ4n) is 3.32. The van der Waals surface area contributed by atoms with Gasteiger partial charge in [0.1, 0.15) is 0 Å². The second-order valence-corrected chi connectivity index (χ2v) is 6.13. The monoisotopic (exact) mass is 268 g/mol. The van der Waals surface area contributed by atoms with Crippen LogP contribution < -0.4 is 10.6 Å². The van der Waals surface area contributed by atoms with Crippen molar-refractivity contribution in [2.45, 2.75) is 56.9 Å². The van der Waals surface area contributed by atoms with Gasteiger partial charge in [0, 0.05) is 31.7 Å². The third kappa shape index (κ3) is 4.46. The minimum atomic E-state index is 0.0536. The fraction of sp³-hybridized carbons (Fsp3) is 0.933. The summed E-state index contributed by atoms with van der Waals surface area (Å²) in [4.78, 5) is 12.1. The largest absolute Gasteiger partial charge is 0.381 e. The molecule has 2 N–H and O–H groups in total. The molecule has 0 aromatic carbocycles. The number of nitrogens with one attached hydrogen (secondary N) is 2. The highest BCUT2D eigenvalue weighted by molar-refractivity contribution is 5.77. The van der Waals surface area contributed by atoms with Crippen molar-refractivity contribution >= 4 is 5.91 Å². The van der Waals surface area contributed by atoms with Crippen LogP contribution in [0.4, 0.5) is 0 Å². The molecule has 1 aliphatic heterocycles. The van der Waals surface area contributed by atoms with Crippen LogP contribution in [0.5, 0.6) is 0 Å². The Morgan fingerprint density at radius 3 is 2.53 bits per heavy atom. The van der Waals surface area contributed by atoms with Crippen molar-refractivity contribution in [1.29, 1.82) is 0 Å². The molecule has 1 aliphatic carbocycles. The van der Waals surface area contributed by atoms with Crippen LogP contribution in [-0.4, -0.2) is 38.3 Å². The molecule has 1 heterocycles. The van der Waals surface area contributed by atoms with E-state index in [9.17, 15) is 4.79 Å². The molecule has 110 valence electrons. The second kappa shape index (κ2) is 7.25. The molecule has 0 atom stereocenters. The molecule has 1 amide bonds. The molecule has 0 aromatic heterocycles. The Kier molecular flexibility index (Phi) is 5.64. The summed E-state index contributed by atoms with van der Waals surface area (Å²) in [6.07, 6.45) is 8.86. The van der Waals surface area contributed by atoms with Crippen LogP contribution in [-0.2, 0) is 9.53 Å². The first-order valence-electron chi connectivity index (χ1n) is 7.77. The molecule has 2 aliphatic rings. The van der Waals surface area contributed by atoms with E-state index in [1.165, 1.54) is 19.3 Å². The number of hydrogen-bond donors (Lipinski definition) is 2. The van der Waals surface area contributed by atoms with Crippen molar-refractivity contribution in [2.75, 3.05) is 26.8 Å². The van der Waals surface area contributed by atoms with Gasteiger partial charge in [-0.25, -0.2) is 0 Å². The summed E-state index contributed by atoms with van der Waals surface area (Å²) in [7, 11) is 2.00. The molecule has 4 nitrogen and oxygen atoms in total. The zero-order valence-corrected chi connectivity index (χ0v) is 12.2. The summed E-state index contributed by atoms with van der Waals surface area (Å²) in [5.74, 6) is 0.817. The Bertz CT molecular complexity index is 282. The van der Waals surface area contributed by atoms with Gasteiger partial charge in [-0.15, -0.1) is 0 Å². The van der Waals surface area contributed by atoms with Gasteiger partial charge in [-0.2, -0.15) is 0 Å².